The monoisotopic (exact) mass is 335 g/mol. The lowest BCUT2D eigenvalue weighted by Gasteiger charge is -2.14. The number of hydrogen-bond acceptors (Lipinski definition) is 4. The highest BCUT2D eigenvalue weighted by Crippen LogP contribution is 2.15. The third kappa shape index (κ3) is 3.57. The maximum absolute atomic E-state index is 11.9. The zero-order valence-electron chi connectivity index (χ0n) is 12.1. The van der Waals surface area contributed by atoms with Crippen molar-refractivity contribution in [1.29, 1.82) is 0 Å². The van der Waals surface area contributed by atoms with Gasteiger partial charge in [-0.05, 0) is 11.6 Å². The molecule has 120 valence electrons. The molecule has 0 radical (unpaired) electrons. The lowest BCUT2D eigenvalue weighted by atomic mass is 10.2. The highest BCUT2D eigenvalue weighted by Gasteiger charge is 2.44. The fraction of sp³-hybridized carbons (Fsp3) is 0.200. The molecule has 1 aliphatic rings. The number of hydrogen-bond donors (Lipinski definition) is 1. The third-order valence-corrected chi connectivity index (χ3v) is 3.55. The van der Waals surface area contributed by atoms with Gasteiger partial charge in [-0.2, -0.15) is 0 Å². The van der Waals surface area contributed by atoms with Gasteiger partial charge in [-0.25, -0.2) is 9.69 Å². The first-order valence-corrected chi connectivity index (χ1v) is 7.11. The van der Waals surface area contributed by atoms with E-state index in [-0.39, 0.29) is 13.1 Å². The van der Waals surface area contributed by atoms with Gasteiger partial charge in [0.1, 0.15) is 6.54 Å². The number of nitrogens with zero attached hydrogens (tertiary/aromatic N) is 2. The van der Waals surface area contributed by atoms with Crippen LogP contribution in [0.1, 0.15) is 5.56 Å². The van der Waals surface area contributed by atoms with Gasteiger partial charge >= 0.3 is 17.8 Å². The Kier molecular flexibility index (Phi) is 5.13. The minimum absolute atomic E-state index is 0.0822. The molecule has 0 saturated carbocycles. The fourth-order valence-electron chi connectivity index (χ4n) is 2.01. The minimum atomic E-state index is -1.02. The van der Waals surface area contributed by atoms with E-state index in [0.29, 0.717) is 15.5 Å². The molecule has 0 atom stereocenters. The van der Waals surface area contributed by atoms with E-state index in [1.807, 2.05) is 0 Å². The van der Waals surface area contributed by atoms with E-state index in [4.69, 9.17) is 11.6 Å². The SMILES string of the molecule is C=CCN1C(=O)C(=O)N(CC(=O)NCc2ccccc2Cl)C1=O. The van der Waals surface area contributed by atoms with E-state index in [1.165, 1.54) is 6.08 Å². The zero-order chi connectivity index (χ0) is 17.0. The number of rotatable bonds is 6. The van der Waals surface area contributed by atoms with Crippen molar-refractivity contribution in [2.45, 2.75) is 6.54 Å². The molecule has 1 N–H and O–H groups in total. The maximum atomic E-state index is 11.9. The number of halogens is 1. The van der Waals surface area contributed by atoms with Crippen LogP contribution < -0.4 is 5.32 Å². The van der Waals surface area contributed by atoms with Crippen molar-refractivity contribution in [3.63, 3.8) is 0 Å². The standard InChI is InChI=1S/C15H14ClN3O4/c1-2-7-18-13(21)14(22)19(15(18)23)9-12(20)17-8-10-5-3-4-6-11(10)16/h2-6H,1,7-9H2,(H,17,20). The molecule has 0 bridgehead atoms. The highest BCUT2D eigenvalue weighted by molar-refractivity contribution is 6.45. The largest absolute Gasteiger partial charge is 0.350 e. The first-order valence-electron chi connectivity index (χ1n) is 6.74. The van der Waals surface area contributed by atoms with E-state index in [9.17, 15) is 19.2 Å². The zero-order valence-corrected chi connectivity index (χ0v) is 12.9. The van der Waals surface area contributed by atoms with Crippen LogP contribution in [0.2, 0.25) is 5.02 Å². The van der Waals surface area contributed by atoms with Gasteiger partial charge in [-0.3, -0.25) is 19.3 Å². The Balaban J connectivity index is 1.96. The van der Waals surface area contributed by atoms with Crippen LogP contribution in [0.15, 0.2) is 36.9 Å². The molecule has 5 amide bonds. The molecule has 8 heteroatoms. The van der Waals surface area contributed by atoms with Crippen LogP contribution in [0.5, 0.6) is 0 Å². The Morgan fingerprint density at radius 2 is 1.83 bits per heavy atom. The van der Waals surface area contributed by atoms with Crippen LogP contribution in [-0.4, -0.2) is 46.6 Å². The number of amides is 5. The van der Waals surface area contributed by atoms with Gasteiger partial charge in [0.05, 0.1) is 0 Å². The van der Waals surface area contributed by atoms with Crippen LogP contribution in [0.3, 0.4) is 0 Å². The lowest BCUT2D eigenvalue weighted by molar-refractivity contribution is -0.143. The summed E-state index contributed by atoms with van der Waals surface area (Å²) in [5, 5.41) is 3.04. The molecule has 1 aromatic carbocycles. The molecule has 0 aromatic heterocycles. The number of imide groups is 2. The molecule has 1 aromatic rings. The van der Waals surface area contributed by atoms with E-state index in [0.717, 1.165) is 4.90 Å². The van der Waals surface area contributed by atoms with Crippen LogP contribution in [0.4, 0.5) is 4.79 Å². The van der Waals surface area contributed by atoms with E-state index in [1.54, 1.807) is 24.3 Å². The summed E-state index contributed by atoms with van der Waals surface area (Å²) in [6, 6.07) is 6.13. The Bertz CT molecular complexity index is 689. The Morgan fingerprint density at radius 3 is 2.48 bits per heavy atom. The van der Waals surface area contributed by atoms with E-state index in [2.05, 4.69) is 11.9 Å². The summed E-state index contributed by atoms with van der Waals surface area (Å²) in [7, 11) is 0. The minimum Gasteiger partial charge on any atom is -0.350 e. The van der Waals surface area contributed by atoms with Crippen LogP contribution >= 0.6 is 11.6 Å². The summed E-state index contributed by atoms with van der Waals surface area (Å²) < 4.78 is 0. The van der Waals surface area contributed by atoms with Crippen molar-refractivity contribution in [1.82, 2.24) is 15.1 Å². The van der Waals surface area contributed by atoms with Crippen LogP contribution in [0, 0.1) is 0 Å². The second-order valence-electron chi connectivity index (χ2n) is 4.75. The Labute approximate surface area is 137 Å². The molecular weight excluding hydrogens is 322 g/mol. The number of carbonyl (C=O) groups excluding carboxylic acids is 4. The number of benzene rings is 1. The molecule has 7 nitrogen and oxygen atoms in total. The molecule has 0 unspecified atom stereocenters. The summed E-state index contributed by atoms with van der Waals surface area (Å²) >= 11 is 5.97. The van der Waals surface area contributed by atoms with Crippen molar-refractivity contribution in [3.8, 4) is 0 Å². The van der Waals surface area contributed by atoms with Crippen molar-refractivity contribution in [2.24, 2.45) is 0 Å². The smallest absolute Gasteiger partial charge is 0.335 e. The number of nitrogens with one attached hydrogen (secondary N) is 1. The van der Waals surface area contributed by atoms with Crippen LogP contribution in [-0.2, 0) is 20.9 Å². The molecule has 2 rings (SSSR count). The van der Waals surface area contributed by atoms with E-state index >= 15 is 0 Å². The second kappa shape index (κ2) is 7.06. The normalized spacial score (nSPS) is 14.4. The van der Waals surface area contributed by atoms with Gasteiger partial charge in [-0.1, -0.05) is 35.9 Å². The number of urea groups is 1. The highest BCUT2D eigenvalue weighted by atomic mass is 35.5. The van der Waals surface area contributed by atoms with Crippen molar-refractivity contribution in [3.05, 3.63) is 47.5 Å². The maximum Gasteiger partial charge on any atom is 0.335 e. The van der Waals surface area contributed by atoms with Crippen molar-refractivity contribution in [2.75, 3.05) is 13.1 Å². The number of carbonyl (C=O) groups is 4. The van der Waals surface area contributed by atoms with Gasteiger partial charge < -0.3 is 5.32 Å². The van der Waals surface area contributed by atoms with Crippen molar-refractivity contribution < 1.29 is 19.2 Å². The molecule has 1 aliphatic heterocycles. The molecule has 1 heterocycles. The average molecular weight is 336 g/mol. The Hall–Kier alpha value is -2.67. The van der Waals surface area contributed by atoms with Gasteiger partial charge in [0.2, 0.25) is 5.91 Å². The quantitative estimate of drug-likeness (QED) is 0.476. The average Bonchev–Trinajstić information content (AvgIpc) is 2.72. The predicted molar refractivity (Wildman–Crippen MR) is 82.3 cm³/mol. The first-order chi connectivity index (χ1) is 11.0. The third-order valence-electron chi connectivity index (χ3n) is 3.18. The second-order valence-corrected chi connectivity index (χ2v) is 5.15. The summed E-state index contributed by atoms with van der Waals surface area (Å²) in [5.41, 5.74) is 0.700. The summed E-state index contributed by atoms with van der Waals surface area (Å²) in [6.45, 7) is 2.95. The topological polar surface area (TPSA) is 86.8 Å². The molecule has 1 fully saturated rings. The Morgan fingerprint density at radius 1 is 1.17 bits per heavy atom. The van der Waals surface area contributed by atoms with Gasteiger partial charge in [-0.15, -0.1) is 6.58 Å². The molecule has 23 heavy (non-hydrogen) atoms. The fourth-order valence-corrected chi connectivity index (χ4v) is 2.22. The van der Waals surface area contributed by atoms with Crippen LogP contribution in [0.25, 0.3) is 0 Å². The summed E-state index contributed by atoms with van der Waals surface area (Å²) in [6.07, 6.45) is 1.32. The molecular formula is C15H14ClN3O4. The predicted octanol–water partition coefficient (Wildman–Crippen LogP) is 0.933. The summed E-state index contributed by atoms with van der Waals surface area (Å²) in [5.74, 6) is -2.56. The molecule has 0 spiro atoms. The van der Waals surface area contributed by atoms with E-state index < -0.39 is 30.3 Å². The lowest BCUT2D eigenvalue weighted by Crippen LogP contribution is -2.41. The summed E-state index contributed by atoms with van der Waals surface area (Å²) in [4.78, 5) is 48.6. The molecule has 1 saturated heterocycles. The first kappa shape index (κ1) is 16.7. The van der Waals surface area contributed by atoms with Gasteiger partial charge in [0, 0.05) is 18.1 Å². The van der Waals surface area contributed by atoms with Crippen molar-refractivity contribution >= 4 is 35.4 Å². The van der Waals surface area contributed by atoms with Gasteiger partial charge in [0.25, 0.3) is 0 Å². The van der Waals surface area contributed by atoms with Gasteiger partial charge in [0.15, 0.2) is 0 Å². The molecule has 0 aliphatic carbocycles.